The second kappa shape index (κ2) is 10.9. The number of rotatable bonds is 7. The number of nitrogens with one attached hydrogen (secondary N) is 1. The van der Waals surface area contributed by atoms with Crippen molar-refractivity contribution in [2.24, 2.45) is 12.8 Å². The van der Waals surface area contributed by atoms with Gasteiger partial charge < -0.3 is 20.7 Å². The highest BCUT2D eigenvalue weighted by Crippen LogP contribution is 2.31. The molecule has 10 nitrogen and oxygen atoms in total. The quantitative estimate of drug-likeness (QED) is 0.351. The predicted molar refractivity (Wildman–Crippen MR) is 137 cm³/mol. The summed E-state index contributed by atoms with van der Waals surface area (Å²) in [6.45, 7) is 4.53. The van der Waals surface area contributed by atoms with Gasteiger partial charge in [-0.2, -0.15) is 23.1 Å². The number of alkyl halides is 3. The van der Waals surface area contributed by atoms with Gasteiger partial charge >= 0.3 is 12.1 Å². The number of halogens is 3. The standard InChI is InChI=1S/C25H30F3N7O3/c1-15(2)12-18(38-22(37)25(26,27)28)35-19-20(32-24(35)34-11-7-10-17(29)14-34)31-23(33(3)21(19)36)30-13-16-8-5-4-6-9-16/h4-6,8-9,12,17-18H,7,10-11,13-14,29H2,1-3H3,(H,30,31). The molecule has 1 aliphatic rings. The predicted octanol–water partition coefficient (Wildman–Crippen LogP) is 3.24. The molecule has 38 heavy (non-hydrogen) atoms. The molecule has 1 aliphatic heterocycles. The normalized spacial score (nSPS) is 16.8. The topological polar surface area (TPSA) is 120 Å². The van der Waals surface area contributed by atoms with Crippen LogP contribution in [0.5, 0.6) is 0 Å². The Morgan fingerprint density at radius 2 is 1.97 bits per heavy atom. The van der Waals surface area contributed by atoms with Crippen molar-refractivity contribution < 1.29 is 22.7 Å². The first-order valence-electron chi connectivity index (χ1n) is 12.2. The Hall–Kier alpha value is -3.87. The van der Waals surface area contributed by atoms with Crippen LogP contribution in [-0.4, -0.2) is 50.4 Å². The Bertz CT molecular complexity index is 1400. The maximum atomic E-state index is 13.6. The molecule has 1 aromatic carbocycles. The zero-order valence-corrected chi connectivity index (χ0v) is 21.3. The molecule has 0 amide bonds. The molecule has 2 atom stereocenters. The molecule has 3 heterocycles. The minimum Gasteiger partial charge on any atom is -0.431 e. The molecule has 13 heteroatoms. The molecule has 204 valence electrons. The lowest BCUT2D eigenvalue weighted by Crippen LogP contribution is -2.44. The van der Waals surface area contributed by atoms with Crippen molar-refractivity contribution in [3.8, 4) is 0 Å². The van der Waals surface area contributed by atoms with E-state index in [0.717, 1.165) is 18.4 Å². The minimum atomic E-state index is -5.23. The van der Waals surface area contributed by atoms with Crippen LogP contribution >= 0.6 is 0 Å². The number of piperidine rings is 1. The fraction of sp³-hybridized carbons (Fsp3) is 0.440. The third kappa shape index (κ3) is 5.82. The number of fused-ring (bicyclic) bond motifs is 1. The average Bonchev–Trinajstić information content (AvgIpc) is 3.24. The number of nitrogens with zero attached hydrogens (tertiary/aromatic N) is 5. The summed E-state index contributed by atoms with van der Waals surface area (Å²) in [5.41, 5.74) is 7.03. The van der Waals surface area contributed by atoms with E-state index < -0.39 is 23.9 Å². The summed E-state index contributed by atoms with van der Waals surface area (Å²) in [6.07, 6.45) is -4.00. The molecule has 0 bridgehead atoms. The second-order valence-electron chi connectivity index (χ2n) is 9.48. The van der Waals surface area contributed by atoms with Gasteiger partial charge in [-0.25, -0.2) is 4.79 Å². The highest BCUT2D eigenvalue weighted by Gasteiger charge is 2.43. The zero-order valence-electron chi connectivity index (χ0n) is 21.3. The fourth-order valence-corrected chi connectivity index (χ4v) is 4.33. The first kappa shape index (κ1) is 27.2. The van der Waals surface area contributed by atoms with Gasteiger partial charge in [-0.3, -0.25) is 13.9 Å². The van der Waals surface area contributed by atoms with Crippen LogP contribution in [0.1, 0.15) is 38.5 Å². The summed E-state index contributed by atoms with van der Waals surface area (Å²) >= 11 is 0. The number of allylic oxidation sites excluding steroid dienone is 1. The maximum Gasteiger partial charge on any atom is 0.491 e. The summed E-state index contributed by atoms with van der Waals surface area (Å²) in [4.78, 5) is 36.4. The highest BCUT2D eigenvalue weighted by atomic mass is 19.4. The van der Waals surface area contributed by atoms with Gasteiger partial charge in [-0.05, 0) is 38.3 Å². The number of anilines is 2. The summed E-state index contributed by atoms with van der Waals surface area (Å²) in [5.74, 6) is -2.00. The second-order valence-corrected chi connectivity index (χ2v) is 9.48. The Morgan fingerprint density at radius 1 is 1.26 bits per heavy atom. The van der Waals surface area contributed by atoms with Gasteiger partial charge in [0.05, 0.1) is 0 Å². The molecule has 0 aliphatic carbocycles. The number of carbonyl (C=O) groups excluding carboxylic acids is 1. The number of hydrogen-bond acceptors (Lipinski definition) is 8. The van der Waals surface area contributed by atoms with Crippen molar-refractivity contribution in [3.63, 3.8) is 0 Å². The molecule has 3 N–H and O–H groups in total. The number of hydrogen-bond donors (Lipinski definition) is 2. The van der Waals surface area contributed by atoms with E-state index in [4.69, 9.17) is 10.5 Å². The Balaban J connectivity index is 1.87. The molecule has 0 saturated carbocycles. The lowest BCUT2D eigenvalue weighted by molar-refractivity contribution is -0.206. The number of esters is 1. The van der Waals surface area contributed by atoms with Crippen LogP contribution in [0.15, 0.2) is 46.8 Å². The zero-order chi connectivity index (χ0) is 27.6. The highest BCUT2D eigenvalue weighted by molar-refractivity contribution is 5.78. The van der Waals surface area contributed by atoms with Crippen LogP contribution in [0.25, 0.3) is 11.2 Å². The van der Waals surface area contributed by atoms with Gasteiger partial charge in [0.1, 0.15) is 0 Å². The van der Waals surface area contributed by atoms with E-state index in [-0.39, 0.29) is 29.1 Å². The fourth-order valence-electron chi connectivity index (χ4n) is 4.33. The number of imidazole rings is 1. The summed E-state index contributed by atoms with van der Waals surface area (Å²) in [5, 5.41) is 3.11. The molecule has 0 radical (unpaired) electrons. The summed E-state index contributed by atoms with van der Waals surface area (Å²) in [7, 11) is 1.49. The molecular formula is C25H30F3N7O3. The maximum absolute atomic E-state index is 13.6. The van der Waals surface area contributed by atoms with E-state index in [2.05, 4.69) is 15.3 Å². The van der Waals surface area contributed by atoms with Crippen LogP contribution in [0.2, 0.25) is 0 Å². The van der Waals surface area contributed by atoms with Gasteiger partial charge in [-0.15, -0.1) is 0 Å². The van der Waals surface area contributed by atoms with Crippen molar-refractivity contribution in [1.82, 2.24) is 19.1 Å². The van der Waals surface area contributed by atoms with Crippen molar-refractivity contribution >= 4 is 29.0 Å². The Kier molecular flexibility index (Phi) is 7.76. The van der Waals surface area contributed by atoms with Crippen molar-refractivity contribution in [2.45, 2.75) is 51.7 Å². The van der Waals surface area contributed by atoms with E-state index in [9.17, 15) is 22.8 Å². The van der Waals surface area contributed by atoms with Gasteiger partial charge in [-0.1, -0.05) is 35.9 Å². The van der Waals surface area contributed by atoms with Crippen molar-refractivity contribution in [3.05, 3.63) is 57.9 Å². The van der Waals surface area contributed by atoms with E-state index in [1.807, 2.05) is 30.3 Å². The van der Waals surface area contributed by atoms with E-state index in [1.165, 1.54) is 22.3 Å². The molecule has 4 rings (SSSR count). The van der Waals surface area contributed by atoms with Gasteiger partial charge in [0.25, 0.3) is 5.56 Å². The number of aromatic nitrogens is 4. The van der Waals surface area contributed by atoms with Crippen molar-refractivity contribution in [2.75, 3.05) is 23.3 Å². The van der Waals surface area contributed by atoms with Crippen LogP contribution in [0, 0.1) is 0 Å². The van der Waals surface area contributed by atoms with E-state index in [0.29, 0.717) is 25.2 Å². The first-order chi connectivity index (χ1) is 18.0. The number of benzene rings is 1. The Labute approximate surface area is 216 Å². The van der Waals surface area contributed by atoms with Crippen molar-refractivity contribution in [1.29, 1.82) is 0 Å². The first-order valence-corrected chi connectivity index (χ1v) is 12.2. The SMILES string of the molecule is CC(C)=CC(OC(=O)C(F)(F)F)n1c(N2CCCC(N)C2)nc2nc(NCc3ccccc3)n(C)c(=O)c21. The Morgan fingerprint density at radius 3 is 2.61 bits per heavy atom. The van der Waals surface area contributed by atoms with Crippen LogP contribution in [-0.2, 0) is 23.1 Å². The summed E-state index contributed by atoms with van der Waals surface area (Å²) < 4.78 is 46.9. The molecular weight excluding hydrogens is 503 g/mol. The van der Waals surface area contributed by atoms with Gasteiger partial charge in [0.2, 0.25) is 18.1 Å². The molecule has 2 unspecified atom stereocenters. The minimum absolute atomic E-state index is 0.00743. The van der Waals surface area contributed by atoms with Crippen LogP contribution < -0.4 is 21.5 Å². The number of ether oxygens (including phenoxy) is 1. The van der Waals surface area contributed by atoms with Gasteiger partial charge in [0.15, 0.2) is 11.2 Å². The third-order valence-electron chi connectivity index (χ3n) is 6.13. The van der Waals surface area contributed by atoms with E-state index in [1.54, 1.807) is 18.7 Å². The van der Waals surface area contributed by atoms with Crippen LogP contribution in [0.3, 0.4) is 0 Å². The third-order valence-corrected chi connectivity index (χ3v) is 6.13. The number of nitrogens with two attached hydrogens (primary N) is 1. The largest absolute Gasteiger partial charge is 0.491 e. The lowest BCUT2D eigenvalue weighted by atomic mass is 10.1. The molecule has 3 aromatic rings. The van der Waals surface area contributed by atoms with E-state index >= 15 is 0 Å². The van der Waals surface area contributed by atoms with Crippen LogP contribution in [0.4, 0.5) is 25.1 Å². The van der Waals surface area contributed by atoms with Gasteiger partial charge in [0, 0.05) is 32.7 Å². The molecule has 2 aromatic heterocycles. The average molecular weight is 534 g/mol. The summed E-state index contributed by atoms with van der Waals surface area (Å²) in [6, 6.07) is 9.28. The lowest BCUT2D eigenvalue weighted by Gasteiger charge is -2.33. The monoisotopic (exact) mass is 533 g/mol. The molecule has 1 saturated heterocycles. The number of carbonyl (C=O) groups is 1. The smallest absolute Gasteiger partial charge is 0.431 e. The molecule has 1 fully saturated rings. The molecule has 0 spiro atoms.